The number of nitro groups is 2. The van der Waals surface area contributed by atoms with Crippen molar-refractivity contribution in [1.29, 1.82) is 0 Å². The van der Waals surface area contributed by atoms with Gasteiger partial charge in [0.05, 0.1) is 77.4 Å². The molecular weight excluding hydrogens is 1420 g/mol. The SMILES string of the molecule is CC[C@@]1(O)C(=O)OCc2c1cc1n(c2=O)CCC1=O.CC[C@@]1(O)C(=O)OCc2c1cc1n(c2=O)Cc2c-1nc1ccccc1c2CC[Si](C)(C)C.C[Si](C)(C)/C=C/Br.C[Si](C)(C)/C=C/C(=O)c1ccccc1[N+](=O)[O-].C[Si](C)(C)CCC(=O)c1ccccc1N.O=Cc1ccccc1[N+](=O)[O-]. The number of anilines is 1. The van der Waals surface area contributed by atoms with Crippen LogP contribution in [-0.4, -0.2) is 102 Å². The molecule has 0 radical (unpaired) electrons. The quantitative estimate of drug-likeness (QED) is 0.0118. The molecule has 2 atom stereocenters. The Balaban J connectivity index is 0.000000203. The van der Waals surface area contributed by atoms with Crippen LogP contribution in [0.3, 0.4) is 0 Å². The van der Waals surface area contributed by atoms with E-state index in [0.717, 1.165) is 40.7 Å². The number of ether oxygens (including phenoxy) is 2. The van der Waals surface area contributed by atoms with Gasteiger partial charge in [-0.1, -0.05) is 186 Å². The zero-order valence-electron chi connectivity index (χ0n) is 59.9. The van der Waals surface area contributed by atoms with Crippen molar-refractivity contribution in [3.05, 3.63) is 228 Å². The predicted molar refractivity (Wildman–Crippen MR) is 408 cm³/mol. The van der Waals surface area contributed by atoms with Crippen molar-refractivity contribution in [1.82, 2.24) is 14.1 Å². The van der Waals surface area contributed by atoms with Crippen LogP contribution in [0.2, 0.25) is 90.7 Å². The van der Waals surface area contributed by atoms with Crippen LogP contribution in [-0.2, 0) is 63.0 Å². The molecule has 0 fully saturated rings. The number of nitrogen functional groups attached to an aromatic ring is 1. The number of benzene rings is 4. The van der Waals surface area contributed by atoms with Gasteiger partial charge in [0, 0.05) is 81.0 Å². The van der Waals surface area contributed by atoms with Crippen LogP contribution in [0, 0.1) is 20.2 Å². The lowest BCUT2D eigenvalue weighted by atomic mass is 9.86. The van der Waals surface area contributed by atoms with Crippen molar-refractivity contribution in [2.75, 3.05) is 5.73 Å². The molecule has 4 aromatic carbocycles. The third-order valence-corrected chi connectivity index (χ3v) is 23.6. The molecule has 3 aromatic heterocycles. The first-order valence-electron chi connectivity index (χ1n) is 33.2. The fourth-order valence-corrected chi connectivity index (χ4v) is 16.6. The number of allylic oxidation sites excluding steroid dienone is 1. The minimum Gasteiger partial charge on any atom is -0.458 e. The van der Waals surface area contributed by atoms with Crippen LogP contribution < -0.4 is 16.9 Å². The third-order valence-electron chi connectivity index (χ3n) is 17.0. The van der Waals surface area contributed by atoms with Crippen molar-refractivity contribution in [3.63, 3.8) is 0 Å². The summed E-state index contributed by atoms with van der Waals surface area (Å²) in [6.07, 6.45) is 4.01. The Hall–Kier alpha value is -8.84. The van der Waals surface area contributed by atoms with E-state index in [1.807, 2.05) is 47.1 Å². The normalized spacial score (nSPS) is 16.4. The highest BCUT2D eigenvalue weighted by molar-refractivity contribution is 9.11. The average Bonchev–Trinajstić information content (AvgIpc) is 1.65. The molecule has 4 aliphatic rings. The topological polar surface area (TPSA) is 331 Å². The van der Waals surface area contributed by atoms with Gasteiger partial charge in [-0.15, -0.1) is 0 Å². The number of ketones is 3. The number of rotatable bonds is 16. The zero-order chi connectivity index (χ0) is 75.3. The fourth-order valence-electron chi connectivity index (χ4n) is 11.2. The van der Waals surface area contributed by atoms with Crippen molar-refractivity contribution in [2.45, 2.75) is 174 Å². The van der Waals surface area contributed by atoms with E-state index in [-0.39, 0.29) is 100 Å². The predicted octanol–water partition coefficient (Wildman–Crippen LogP) is 14.6. The Bertz CT molecular complexity index is 4520. The van der Waals surface area contributed by atoms with Crippen molar-refractivity contribution < 1.29 is 58.3 Å². The fraction of sp³-hybridized carbons (Fsp3) is 0.365. The molecule has 7 heterocycles. The number of aliphatic hydroxyl groups is 2. The second kappa shape index (κ2) is 33.8. The van der Waals surface area contributed by atoms with Gasteiger partial charge in [-0.05, 0) is 78.4 Å². The lowest BCUT2D eigenvalue weighted by molar-refractivity contribution is -0.385. The van der Waals surface area contributed by atoms with Gasteiger partial charge >= 0.3 is 11.9 Å². The van der Waals surface area contributed by atoms with Gasteiger partial charge in [-0.25, -0.2) is 14.6 Å². The number of nitro benzene ring substituents is 2. The first kappa shape index (κ1) is 81.1. The lowest BCUT2D eigenvalue weighted by Gasteiger charge is -2.31. The molecule has 7 aromatic rings. The molecule has 0 amide bonds. The number of Topliss-reactive ketones (excluding diaryl/α,β-unsaturated/α-hetero) is 2. The maximum atomic E-state index is 13.4. The lowest BCUT2D eigenvalue weighted by Crippen LogP contribution is -2.44. The van der Waals surface area contributed by atoms with Gasteiger partial charge in [0.15, 0.2) is 34.8 Å². The van der Waals surface area contributed by atoms with Gasteiger partial charge in [-0.2, -0.15) is 0 Å². The van der Waals surface area contributed by atoms with Gasteiger partial charge in [-0.3, -0.25) is 49.0 Å². The van der Waals surface area contributed by atoms with Crippen molar-refractivity contribution >= 4 is 112 Å². The number of cyclic esters (lactones) is 2. The molecule has 0 bridgehead atoms. The number of nitrogens with zero attached hydrogens (tertiary/aromatic N) is 5. The highest BCUT2D eigenvalue weighted by Crippen LogP contribution is 2.41. The number of nitrogens with two attached hydrogens (primary N) is 1. The van der Waals surface area contributed by atoms with E-state index in [1.165, 1.54) is 52.6 Å². The number of fused-ring (bicyclic) bond motifs is 7. The van der Waals surface area contributed by atoms with Crippen LogP contribution in [0.4, 0.5) is 17.1 Å². The number of aromatic nitrogens is 3. The van der Waals surface area contributed by atoms with Crippen LogP contribution in [0.25, 0.3) is 22.3 Å². The Kier molecular flexibility index (Phi) is 27.1. The summed E-state index contributed by atoms with van der Waals surface area (Å²) < 4.78 is 13.2. The standard InChI is InChI=1S/C25H28N2O4Si.C13H13NO5.C12H15NO3Si.C12H19NOSi.C7H5NO3.C5H11BrSi/c1-5-25(30)19-12-21-22-17(13-27(21)23(28)18(19)14-31-24(25)29)15(10-11-32(2,3)4)16-8-6-7-9-20(16)26-22;1-2-13(18)8-5-9-10(15)3-4-14(9)11(16)7(8)6-19-12(13)17;1-17(2,3)9-8-12(14)10-6-4-5-7-11(10)13(15)16;1-15(2,3)9-8-12(14)10-6-4-5-7-11(10)13;9-5-6-3-1-2-4-7(6)8(10)11;1-7(2,3)5-4-6/h6-9,12,30H,5,10-11,13-14H2,1-4H3;5,18H,2-4,6H2,1H3;4-9H,1-3H3;4-7H,8-9,13H2,1-3H3;1-5H;4-5H,1-3H3/b;;9-8+;;;5-4+/t25-;13-;;;;/m00..../s1. The molecule has 0 saturated heterocycles. The summed E-state index contributed by atoms with van der Waals surface area (Å²) in [5, 5.41) is 43.6. The molecule has 4 N–H and O–H groups in total. The summed E-state index contributed by atoms with van der Waals surface area (Å²) in [7, 11) is -4.76. The molecule has 0 aliphatic carbocycles. The summed E-state index contributed by atoms with van der Waals surface area (Å²) in [6, 6.07) is 32.7. The Morgan fingerprint density at radius 2 is 1.15 bits per heavy atom. The maximum Gasteiger partial charge on any atom is 0.343 e. The van der Waals surface area contributed by atoms with E-state index in [9.17, 15) is 68.8 Å². The molecule has 11 rings (SSSR count). The summed E-state index contributed by atoms with van der Waals surface area (Å²) in [5.74, 6) is -1.73. The minimum atomic E-state index is -1.83. The molecule has 22 nitrogen and oxygen atoms in total. The molecule has 27 heteroatoms. The summed E-state index contributed by atoms with van der Waals surface area (Å²) >= 11 is 3.24. The van der Waals surface area contributed by atoms with E-state index in [2.05, 4.69) is 106 Å². The van der Waals surface area contributed by atoms with Gasteiger partial charge in [0.1, 0.15) is 13.2 Å². The van der Waals surface area contributed by atoms with E-state index >= 15 is 0 Å². The number of aryl methyl sites for hydroxylation is 1. The number of hydrogen-bond donors (Lipinski definition) is 3. The van der Waals surface area contributed by atoms with Crippen LogP contribution in [0.5, 0.6) is 0 Å². The van der Waals surface area contributed by atoms with Crippen LogP contribution >= 0.6 is 15.9 Å². The highest BCUT2D eigenvalue weighted by atomic mass is 79.9. The number of hydrogen-bond acceptors (Lipinski definition) is 18. The molecule has 0 spiro atoms. The Morgan fingerprint density at radius 1 is 0.653 bits per heavy atom. The number of carbonyl (C=O) groups excluding carboxylic acids is 6. The highest BCUT2D eigenvalue weighted by Gasteiger charge is 2.47. The summed E-state index contributed by atoms with van der Waals surface area (Å²) in [6.45, 7) is 31.0. The first-order valence-corrected chi connectivity index (χ1v) is 48.7. The second-order valence-corrected chi connectivity index (χ2v) is 51.3. The maximum absolute atomic E-state index is 13.4. The van der Waals surface area contributed by atoms with Crippen LogP contribution in [0.1, 0.15) is 114 Å². The van der Waals surface area contributed by atoms with Crippen molar-refractivity contribution in [2.24, 2.45) is 0 Å². The largest absolute Gasteiger partial charge is 0.458 e. The van der Waals surface area contributed by atoms with Gasteiger partial charge in [0.25, 0.3) is 22.5 Å². The Labute approximate surface area is 600 Å². The molecule has 536 valence electrons. The summed E-state index contributed by atoms with van der Waals surface area (Å²) in [5.41, 5.74) is 13.1. The van der Waals surface area contributed by atoms with Crippen LogP contribution in [0.15, 0.2) is 141 Å². The van der Waals surface area contributed by atoms with E-state index in [0.29, 0.717) is 53.9 Å². The smallest absolute Gasteiger partial charge is 0.343 e. The molecule has 4 aliphatic heterocycles. The molecular formula is C74H91BrN6O16Si4. The van der Waals surface area contributed by atoms with Gasteiger partial charge in [0.2, 0.25) is 0 Å². The molecule has 0 saturated carbocycles. The molecule has 101 heavy (non-hydrogen) atoms. The number of esters is 2. The van der Waals surface area contributed by atoms with Gasteiger partial charge < -0.3 is 34.6 Å². The van der Waals surface area contributed by atoms with E-state index in [4.69, 9.17) is 20.2 Å². The number of carbonyl (C=O) groups is 6. The van der Waals surface area contributed by atoms with E-state index in [1.54, 1.807) is 48.7 Å². The first-order chi connectivity index (χ1) is 47.1. The summed E-state index contributed by atoms with van der Waals surface area (Å²) in [4.78, 5) is 122. The average molecular weight is 1510 g/mol. The van der Waals surface area contributed by atoms with E-state index < -0.39 is 65.3 Å². The third kappa shape index (κ3) is 20.5. The Morgan fingerprint density at radius 3 is 1.64 bits per heavy atom. The number of aldehydes is 1. The number of para-hydroxylation sites is 4. The zero-order valence-corrected chi connectivity index (χ0v) is 65.4. The minimum absolute atomic E-state index is 0.0932. The molecule has 0 unspecified atom stereocenters. The number of pyridine rings is 3. The number of halogens is 1. The second-order valence-electron chi connectivity index (χ2n) is 29.4. The van der Waals surface area contributed by atoms with Crippen molar-refractivity contribution in [3.8, 4) is 11.4 Å². The monoisotopic (exact) mass is 1510 g/mol.